The van der Waals surface area contributed by atoms with Crippen LogP contribution < -0.4 is 14.2 Å². The van der Waals surface area contributed by atoms with Crippen molar-refractivity contribution in [3.05, 3.63) is 247 Å². The summed E-state index contributed by atoms with van der Waals surface area (Å²) in [7, 11) is 0. The van der Waals surface area contributed by atoms with E-state index in [2.05, 4.69) is 21.6 Å². The molecule has 12 aromatic rings. The smallest absolute Gasteiger partial charge is 0.204 e. The van der Waals surface area contributed by atoms with Crippen LogP contribution in [-0.4, -0.2) is 146 Å². The molecule has 0 atom stereocenters. The molecule has 0 spiro atoms. The van der Waals surface area contributed by atoms with Crippen molar-refractivity contribution < 1.29 is 61.5 Å². The molecule has 3 aromatic heterocycles. The van der Waals surface area contributed by atoms with Gasteiger partial charge in [-0.05, 0) is 182 Å². The van der Waals surface area contributed by atoms with Gasteiger partial charge in [-0.15, -0.1) is 34.0 Å². The molecular formula is C87H83F4N3O9S3. The number of ether oxygens (including phenoxy) is 3. The number of phenols is 3. The van der Waals surface area contributed by atoms with Crippen LogP contribution >= 0.6 is 34.0 Å². The summed E-state index contributed by atoms with van der Waals surface area (Å²) in [6.07, 6.45) is 0.779. The van der Waals surface area contributed by atoms with Gasteiger partial charge in [0.25, 0.3) is 0 Å². The minimum absolute atomic E-state index is 0.000372. The molecule has 0 amide bonds. The number of carbonyl (C=O) groups is 3. The molecule has 0 aliphatic carbocycles. The molecular weight excluding hydrogens is 1400 g/mol. The molecule has 12 nitrogen and oxygen atoms in total. The van der Waals surface area contributed by atoms with Crippen LogP contribution in [0.4, 0.5) is 17.6 Å². The zero-order chi connectivity index (χ0) is 74.3. The largest absolute Gasteiger partial charge is 0.508 e. The molecule has 19 heteroatoms. The molecule has 106 heavy (non-hydrogen) atoms. The van der Waals surface area contributed by atoms with Crippen LogP contribution in [0, 0.1) is 51.3 Å². The Hall–Kier alpha value is -9.73. The lowest BCUT2D eigenvalue weighted by atomic mass is 9.94. The van der Waals surface area contributed by atoms with Crippen molar-refractivity contribution >= 4 is 81.6 Å². The van der Waals surface area contributed by atoms with Crippen LogP contribution in [0.1, 0.15) is 80.4 Å². The SMILES string of the molecule is CCc1ccccc1C(=O)c1sc2cc(O)ccc2c1-c1ccc(OCCN2CC(CF)C2)cc1.Cc1cc(F)cc(C)c1C(=O)c1sc2cc(O)ccc2c1-c1ccc(OCCN2CC(CF)C2)cc1.Cc1cccc(C)c1C(=O)c1sc2cc(O)ccc2c1-c1ccc(OCCN2CC(CF)C2)cc1. The molecule has 3 fully saturated rings. The van der Waals surface area contributed by atoms with Crippen LogP contribution in [0.5, 0.6) is 34.5 Å². The molecule has 15 rings (SSSR count). The predicted molar refractivity (Wildman–Crippen MR) is 419 cm³/mol. The van der Waals surface area contributed by atoms with E-state index in [9.17, 15) is 47.3 Å². The molecule has 3 aliphatic rings. The standard InChI is InChI=1S/C29H27F2NO3S.2C29H28FNO3S/c1-17-11-21(31)12-18(2)26(17)28(34)29-27(24-8-5-22(33)13-25(24)36-29)20-3-6-23(7-4-20)35-10-9-32-15-19(14-30)16-32;1-18-4-3-5-19(2)26(18)28(33)29-27(24-11-8-22(32)14-25(24)35-29)21-6-9-23(10-7-21)34-13-12-31-16-20(15-30)17-31;1-2-20-5-3-4-6-24(20)28(33)29-27(25-12-9-22(32)15-26(25)35-29)21-7-10-23(11-8-21)34-14-13-31-17-19(16-30)18-31/h3-8,11-13,19,33H,9-10,14-16H2,1-2H3;3-11,14,20,32H,12-13,15-17H2,1-2H3;3-12,15,19,32H,2,13-14,16-18H2,1H3. The predicted octanol–water partition coefficient (Wildman–Crippen LogP) is 19.3. The molecule has 0 radical (unpaired) electrons. The second-order valence-electron chi connectivity index (χ2n) is 27.6. The van der Waals surface area contributed by atoms with Gasteiger partial charge in [0.2, 0.25) is 17.3 Å². The number of hydrogen-bond acceptors (Lipinski definition) is 15. The Bertz CT molecular complexity index is 5110. The molecule has 0 bridgehead atoms. The minimum atomic E-state index is -0.366. The number of thiophene rings is 3. The Morgan fingerprint density at radius 2 is 0.745 bits per heavy atom. The number of halogens is 4. The van der Waals surface area contributed by atoms with Crippen LogP contribution in [0.25, 0.3) is 63.6 Å². The number of alkyl halides is 3. The lowest BCUT2D eigenvalue weighted by Gasteiger charge is -2.37. The number of aromatic hydroxyl groups is 3. The maximum atomic E-state index is 13.9. The highest BCUT2D eigenvalue weighted by molar-refractivity contribution is 7.22. The van der Waals surface area contributed by atoms with E-state index < -0.39 is 0 Å². The first kappa shape index (κ1) is 74.5. The van der Waals surface area contributed by atoms with Crippen molar-refractivity contribution in [1.82, 2.24) is 14.7 Å². The van der Waals surface area contributed by atoms with Crippen molar-refractivity contribution in [2.45, 2.75) is 41.0 Å². The molecule has 0 unspecified atom stereocenters. The highest BCUT2D eigenvalue weighted by Crippen LogP contribution is 2.46. The number of fused-ring (bicyclic) bond motifs is 3. The topological polar surface area (TPSA) is 149 Å². The third-order valence-corrected chi connectivity index (χ3v) is 23.4. The lowest BCUT2D eigenvalue weighted by molar-refractivity contribution is 0.0668. The van der Waals surface area contributed by atoms with Crippen LogP contribution in [0.2, 0.25) is 0 Å². The van der Waals surface area contributed by atoms with E-state index in [1.54, 1.807) is 50.2 Å². The van der Waals surface area contributed by atoms with Crippen LogP contribution in [0.15, 0.2) is 182 Å². The van der Waals surface area contributed by atoms with Crippen molar-refractivity contribution in [3.8, 4) is 67.9 Å². The number of likely N-dealkylation sites (tertiary alicyclic amines) is 3. The zero-order valence-electron chi connectivity index (χ0n) is 59.7. The van der Waals surface area contributed by atoms with Crippen molar-refractivity contribution in [3.63, 3.8) is 0 Å². The summed E-state index contributed by atoms with van der Waals surface area (Å²) < 4.78 is 71.9. The third kappa shape index (κ3) is 16.6. The van der Waals surface area contributed by atoms with Crippen LogP contribution in [0.3, 0.4) is 0 Å². The second-order valence-corrected chi connectivity index (χ2v) is 30.8. The first-order valence-corrected chi connectivity index (χ1v) is 38.2. The molecule has 3 aliphatic heterocycles. The number of hydrogen-bond donors (Lipinski definition) is 3. The van der Waals surface area contributed by atoms with Gasteiger partial charge in [-0.2, -0.15) is 0 Å². The van der Waals surface area contributed by atoms with Crippen molar-refractivity contribution in [2.24, 2.45) is 17.8 Å². The van der Waals surface area contributed by atoms with E-state index in [0.29, 0.717) is 56.7 Å². The van der Waals surface area contributed by atoms with E-state index in [-0.39, 0.29) is 78.2 Å². The number of benzene rings is 9. The second kappa shape index (κ2) is 33.4. The highest BCUT2D eigenvalue weighted by Gasteiger charge is 2.31. The number of nitrogens with zero attached hydrogens (tertiary/aromatic N) is 3. The molecule has 9 aromatic carbocycles. The summed E-state index contributed by atoms with van der Waals surface area (Å²) in [5, 5.41) is 32.8. The van der Waals surface area contributed by atoms with E-state index in [0.717, 1.165) is 168 Å². The van der Waals surface area contributed by atoms with Gasteiger partial charge in [-0.25, -0.2) is 4.39 Å². The first-order valence-electron chi connectivity index (χ1n) is 35.7. The Morgan fingerprint density at radius 3 is 1.08 bits per heavy atom. The van der Waals surface area contributed by atoms with Gasteiger partial charge in [-0.3, -0.25) is 42.3 Å². The maximum Gasteiger partial charge on any atom is 0.204 e. The number of phenolic OH excluding ortho intramolecular Hbond substituents is 3. The first-order chi connectivity index (χ1) is 51.3. The number of carbonyl (C=O) groups excluding carboxylic acids is 3. The van der Waals surface area contributed by atoms with Gasteiger partial charge in [0.1, 0.15) is 60.1 Å². The van der Waals surface area contributed by atoms with Gasteiger partial charge >= 0.3 is 0 Å². The number of ketones is 3. The third-order valence-electron chi connectivity index (χ3n) is 19.9. The van der Waals surface area contributed by atoms with Crippen molar-refractivity contribution in [1.29, 1.82) is 0 Å². The molecule has 6 heterocycles. The van der Waals surface area contributed by atoms with E-state index in [4.69, 9.17) is 14.2 Å². The van der Waals surface area contributed by atoms with Gasteiger partial charge < -0.3 is 29.5 Å². The molecule has 546 valence electrons. The molecule has 3 saturated heterocycles. The van der Waals surface area contributed by atoms with Gasteiger partial charge in [0, 0.05) is 140 Å². The number of rotatable bonds is 25. The Morgan fingerprint density at radius 1 is 0.415 bits per heavy atom. The summed E-state index contributed by atoms with van der Waals surface area (Å²) in [6.45, 7) is 17.4. The van der Waals surface area contributed by atoms with Gasteiger partial charge in [0.15, 0.2) is 0 Å². The van der Waals surface area contributed by atoms with Crippen molar-refractivity contribution in [2.75, 3.05) is 98.7 Å². The maximum absolute atomic E-state index is 13.9. The number of aryl methyl sites for hydroxylation is 5. The summed E-state index contributed by atoms with van der Waals surface area (Å²) in [4.78, 5) is 49.7. The minimum Gasteiger partial charge on any atom is -0.508 e. The fourth-order valence-electron chi connectivity index (χ4n) is 14.3. The van der Waals surface area contributed by atoms with E-state index in [1.807, 2.05) is 147 Å². The normalized spacial score (nSPS) is 14.2. The quantitative estimate of drug-likeness (QED) is 0.0369. The molecule has 0 saturated carbocycles. The molecule has 3 N–H and O–H groups in total. The van der Waals surface area contributed by atoms with E-state index >= 15 is 0 Å². The lowest BCUT2D eigenvalue weighted by Crippen LogP contribution is -2.49. The van der Waals surface area contributed by atoms with E-state index in [1.165, 1.54) is 46.1 Å². The van der Waals surface area contributed by atoms with Gasteiger partial charge in [0.05, 0.1) is 34.7 Å². The average molecular weight is 1490 g/mol. The average Bonchev–Trinajstić information content (AvgIpc) is 1.61. The summed E-state index contributed by atoms with van der Waals surface area (Å²) in [5.74, 6) is 2.72. The highest BCUT2D eigenvalue weighted by atomic mass is 32.1. The zero-order valence-corrected chi connectivity index (χ0v) is 62.2. The Kier molecular flexibility index (Phi) is 23.5. The Labute approximate surface area is 626 Å². The van der Waals surface area contributed by atoms with Crippen LogP contribution in [-0.2, 0) is 6.42 Å². The summed E-state index contributed by atoms with van der Waals surface area (Å²) >= 11 is 4.15. The monoisotopic (exact) mass is 1490 g/mol. The fourth-order valence-corrected chi connectivity index (χ4v) is 18.0. The van der Waals surface area contributed by atoms with Gasteiger partial charge in [-0.1, -0.05) is 85.8 Å². The fraction of sp³-hybridized carbons (Fsp3) is 0.276. The summed E-state index contributed by atoms with van der Waals surface area (Å²) in [5.41, 5.74) is 11.3. The Balaban J connectivity index is 0.000000141. The summed E-state index contributed by atoms with van der Waals surface area (Å²) in [6, 6.07) is 55.2.